The van der Waals surface area contributed by atoms with Crippen LogP contribution in [0.5, 0.6) is 0 Å². The highest BCUT2D eigenvalue weighted by molar-refractivity contribution is 5.92. The van der Waals surface area contributed by atoms with Crippen molar-refractivity contribution in [2.45, 2.75) is 6.54 Å². The number of hydrogen-bond acceptors (Lipinski definition) is 2. The lowest BCUT2D eigenvalue weighted by Gasteiger charge is -2.07. The number of carbonyl (C=O) groups excluding carboxylic acids is 1. The highest BCUT2D eigenvalue weighted by atomic mass is 19.1. The van der Waals surface area contributed by atoms with Crippen LogP contribution in [0.2, 0.25) is 0 Å². The van der Waals surface area contributed by atoms with E-state index in [-0.39, 0.29) is 18.3 Å². The second-order valence-electron chi connectivity index (χ2n) is 4.82. The monoisotopic (exact) mass is 283 g/mol. The molecule has 3 rings (SSSR count). The molecule has 1 amide bonds. The molecule has 0 aliphatic carbocycles. The number of rotatable bonds is 3. The van der Waals surface area contributed by atoms with Gasteiger partial charge in [0.25, 0.3) is 0 Å². The fourth-order valence-corrected chi connectivity index (χ4v) is 2.24. The van der Waals surface area contributed by atoms with Crippen molar-refractivity contribution in [3.8, 4) is 0 Å². The number of amides is 1. The number of anilines is 2. The molecule has 0 saturated heterocycles. The fraction of sp³-hybridized carbons (Fsp3) is 0.0625. The summed E-state index contributed by atoms with van der Waals surface area (Å²) in [4.78, 5) is 12.0. The zero-order valence-electron chi connectivity index (χ0n) is 11.2. The molecule has 0 saturated carbocycles. The predicted molar refractivity (Wildman–Crippen MR) is 81.4 cm³/mol. The highest BCUT2D eigenvalue weighted by Gasteiger charge is 2.07. The molecule has 0 radical (unpaired) electrons. The smallest absolute Gasteiger partial charge is 0.244 e. The summed E-state index contributed by atoms with van der Waals surface area (Å²) >= 11 is 0. The maximum Gasteiger partial charge on any atom is 0.244 e. The molecule has 3 aromatic rings. The van der Waals surface area contributed by atoms with E-state index < -0.39 is 0 Å². The molecular formula is C16H14FN3O. The van der Waals surface area contributed by atoms with Gasteiger partial charge in [-0.1, -0.05) is 0 Å². The van der Waals surface area contributed by atoms with Gasteiger partial charge in [0.1, 0.15) is 12.4 Å². The Morgan fingerprint density at radius 1 is 1.14 bits per heavy atom. The molecule has 0 atom stereocenters. The third kappa shape index (κ3) is 2.86. The van der Waals surface area contributed by atoms with Crippen LogP contribution in [0.15, 0.2) is 54.7 Å². The minimum absolute atomic E-state index is 0.170. The predicted octanol–water partition coefficient (Wildman–Crippen LogP) is 3.00. The summed E-state index contributed by atoms with van der Waals surface area (Å²) in [5, 5.41) is 3.72. The summed E-state index contributed by atoms with van der Waals surface area (Å²) in [6.45, 7) is 0.185. The molecule has 0 bridgehead atoms. The van der Waals surface area contributed by atoms with E-state index in [2.05, 4.69) is 5.32 Å². The van der Waals surface area contributed by atoms with E-state index in [1.165, 1.54) is 24.3 Å². The third-order valence-corrected chi connectivity index (χ3v) is 3.24. The van der Waals surface area contributed by atoms with Crippen LogP contribution >= 0.6 is 0 Å². The molecule has 0 aliphatic rings. The molecule has 1 aromatic heterocycles. The second kappa shape index (κ2) is 5.28. The van der Waals surface area contributed by atoms with Crippen molar-refractivity contribution < 1.29 is 9.18 Å². The lowest BCUT2D eigenvalue weighted by Crippen LogP contribution is -2.18. The van der Waals surface area contributed by atoms with E-state index in [0.29, 0.717) is 11.4 Å². The van der Waals surface area contributed by atoms with Crippen molar-refractivity contribution in [2.75, 3.05) is 11.1 Å². The number of nitrogens with one attached hydrogen (secondary N) is 1. The largest absolute Gasteiger partial charge is 0.399 e. The quantitative estimate of drug-likeness (QED) is 0.726. The van der Waals surface area contributed by atoms with Gasteiger partial charge >= 0.3 is 0 Å². The molecule has 3 N–H and O–H groups in total. The molecule has 0 unspecified atom stereocenters. The van der Waals surface area contributed by atoms with Gasteiger partial charge in [0.15, 0.2) is 0 Å². The number of benzene rings is 2. The van der Waals surface area contributed by atoms with Crippen molar-refractivity contribution in [1.82, 2.24) is 4.57 Å². The molecule has 1 heterocycles. The number of nitrogens with two attached hydrogens (primary N) is 1. The van der Waals surface area contributed by atoms with E-state index in [1.807, 2.05) is 29.0 Å². The number of nitrogen functional groups attached to an aromatic ring is 1. The van der Waals surface area contributed by atoms with E-state index in [0.717, 1.165) is 10.9 Å². The topological polar surface area (TPSA) is 60.0 Å². The third-order valence-electron chi connectivity index (χ3n) is 3.24. The Hall–Kier alpha value is -2.82. The van der Waals surface area contributed by atoms with Crippen LogP contribution in [0.1, 0.15) is 0 Å². The van der Waals surface area contributed by atoms with Gasteiger partial charge in [0, 0.05) is 28.5 Å². The van der Waals surface area contributed by atoms with Crippen LogP contribution in [-0.2, 0) is 11.3 Å². The Balaban J connectivity index is 1.75. The van der Waals surface area contributed by atoms with Gasteiger partial charge in [0.05, 0.1) is 0 Å². The van der Waals surface area contributed by atoms with E-state index in [1.54, 1.807) is 6.07 Å². The molecule has 2 aromatic carbocycles. The summed E-state index contributed by atoms with van der Waals surface area (Å²) in [5.41, 5.74) is 7.93. The number of nitrogens with zero attached hydrogens (tertiary/aromatic N) is 1. The molecule has 4 nitrogen and oxygen atoms in total. The standard InChI is InChI=1S/C16H14FN3O/c17-12-1-4-14(5-2-12)19-16(21)10-20-8-7-11-9-13(18)3-6-15(11)20/h1-9H,10,18H2,(H,19,21). The van der Waals surface area contributed by atoms with Crippen LogP contribution in [0.4, 0.5) is 15.8 Å². The molecule has 106 valence electrons. The average Bonchev–Trinajstić information content (AvgIpc) is 2.83. The number of fused-ring (bicyclic) bond motifs is 1. The lowest BCUT2D eigenvalue weighted by atomic mass is 10.2. The van der Waals surface area contributed by atoms with Crippen LogP contribution in [0.3, 0.4) is 0 Å². The number of carbonyl (C=O) groups is 1. The first-order valence-corrected chi connectivity index (χ1v) is 6.51. The minimum atomic E-state index is -0.331. The second-order valence-corrected chi connectivity index (χ2v) is 4.82. The van der Waals surface area contributed by atoms with Gasteiger partial charge < -0.3 is 15.6 Å². The fourth-order valence-electron chi connectivity index (χ4n) is 2.24. The maximum absolute atomic E-state index is 12.8. The SMILES string of the molecule is Nc1ccc2c(ccn2CC(=O)Nc2ccc(F)cc2)c1. The summed E-state index contributed by atoms with van der Waals surface area (Å²) < 4.78 is 14.7. The van der Waals surface area contributed by atoms with Gasteiger partial charge in [-0.3, -0.25) is 4.79 Å². The molecule has 21 heavy (non-hydrogen) atoms. The van der Waals surface area contributed by atoms with Crippen LogP contribution < -0.4 is 11.1 Å². The minimum Gasteiger partial charge on any atom is -0.399 e. The molecule has 0 spiro atoms. The van der Waals surface area contributed by atoms with Crippen LogP contribution in [-0.4, -0.2) is 10.5 Å². The van der Waals surface area contributed by atoms with E-state index in [4.69, 9.17) is 5.73 Å². The first-order chi connectivity index (χ1) is 10.1. The molecular weight excluding hydrogens is 269 g/mol. The van der Waals surface area contributed by atoms with Gasteiger partial charge in [-0.25, -0.2) is 4.39 Å². The van der Waals surface area contributed by atoms with Gasteiger partial charge in [-0.05, 0) is 48.5 Å². The Labute approximate surface area is 121 Å². The maximum atomic E-state index is 12.8. The average molecular weight is 283 g/mol. The molecule has 5 heteroatoms. The first kappa shape index (κ1) is 13.2. The summed E-state index contributed by atoms with van der Waals surface area (Å²) in [7, 11) is 0. The molecule has 0 fully saturated rings. The van der Waals surface area contributed by atoms with Crippen molar-refractivity contribution in [3.05, 3.63) is 60.5 Å². The first-order valence-electron chi connectivity index (χ1n) is 6.51. The van der Waals surface area contributed by atoms with Crippen LogP contribution in [0.25, 0.3) is 10.9 Å². The van der Waals surface area contributed by atoms with Crippen molar-refractivity contribution >= 4 is 28.2 Å². The summed E-state index contributed by atoms with van der Waals surface area (Å²) in [6.07, 6.45) is 1.84. The van der Waals surface area contributed by atoms with Crippen molar-refractivity contribution in [3.63, 3.8) is 0 Å². The van der Waals surface area contributed by atoms with Gasteiger partial charge in [-0.15, -0.1) is 0 Å². The number of halogens is 1. The van der Waals surface area contributed by atoms with Crippen LogP contribution in [0, 0.1) is 5.82 Å². The summed E-state index contributed by atoms with van der Waals surface area (Å²) in [6, 6.07) is 13.1. The van der Waals surface area contributed by atoms with Gasteiger partial charge in [0.2, 0.25) is 5.91 Å². The highest BCUT2D eigenvalue weighted by Crippen LogP contribution is 2.19. The normalized spacial score (nSPS) is 10.7. The Morgan fingerprint density at radius 3 is 2.67 bits per heavy atom. The van der Waals surface area contributed by atoms with E-state index >= 15 is 0 Å². The Bertz CT molecular complexity index is 793. The van der Waals surface area contributed by atoms with Gasteiger partial charge in [-0.2, -0.15) is 0 Å². The lowest BCUT2D eigenvalue weighted by molar-refractivity contribution is -0.116. The number of aromatic nitrogens is 1. The zero-order chi connectivity index (χ0) is 14.8. The van der Waals surface area contributed by atoms with E-state index in [9.17, 15) is 9.18 Å². The summed E-state index contributed by atoms with van der Waals surface area (Å²) in [5.74, 6) is -0.502. The molecule has 0 aliphatic heterocycles. The zero-order valence-corrected chi connectivity index (χ0v) is 11.2. The number of hydrogen-bond donors (Lipinski definition) is 2. The van der Waals surface area contributed by atoms with Crippen molar-refractivity contribution in [1.29, 1.82) is 0 Å². The Kier molecular flexibility index (Phi) is 3.31. The van der Waals surface area contributed by atoms with Crippen molar-refractivity contribution in [2.24, 2.45) is 0 Å². The Morgan fingerprint density at radius 2 is 1.90 bits per heavy atom.